The largest absolute Gasteiger partial charge is 0.303 e. The van der Waals surface area contributed by atoms with Crippen LogP contribution in [0.25, 0.3) is 0 Å². The maximum Gasteiger partial charge on any atom is 0.0622 e. The molecular weight excluding hydrogens is 160 g/mol. The van der Waals surface area contributed by atoms with E-state index in [0.717, 1.165) is 13.0 Å². The molecule has 1 fully saturated rings. The van der Waals surface area contributed by atoms with E-state index >= 15 is 0 Å². The van der Waals surface area contributed by atoms with Gasteiger partial charge in [-0.05, 0) is 44.3 Å². The third kappa shape index (κ3) is 3.78. The van der Waals surface area contributed by atoms with Gasteiger partial charge in [0.15, 0.2) is 0 Å². The molecule has 0 aromatic carbocycles. The summed E-state index contributed by atoms with van der Waals surface area (Å²) in [5.74, 6) is 0. The molecule has 1 aliphatic rings. The quantitative estimate of drug-likeness (QED) is 0.624. The summed E-state index contributed by atoms with van der Waals surface area (Å²) in [6.07, 6.45) is 4.36. The second kappa shape index (κ2) is 4.62. The van der Waals surface area contributed by atoms with Crippen LogP contribution >= 0.6 is 0 Å². The minimum Gasteiger partial charge on any atom is -0.303 e. The lowest BCUT2D eigenvalue weighted by Crippen LogP contribution is -2.37. The SMILES string of the molecule is CC1(C)CCN(CCCC#N)CC1. The molecule has 0 saturated carbocycles. The molecule has 1 saturated heterocycles. The lowest BCUT2D eigenvalue weighted by Gasteiger charge is -2.36. The Labute approximate surface area is 81.5 Å². The van der Waals surface area contributed by atoms with Crippen molar-refractivity contribution in [2.75, 3.05) is 19.6 Å². The van der Waals surface area contributed by atoms with Crippen LogP contribution in [0.15, 0.2) is 0 Å². The number of nitrogens with zero attached hydrogens (tertiary/aromatic N) is 2. The fourth-order valence-corrected chi connectivity index (χ4v) is 1.76. The Kier molecular flexibility index (Phi) is 3.74. The summed E-state index contributed by atoms with van der Waals surface area (Å²) in [5.41, 5.74) is 0.547. The summed E-state index contributed by atoms with van der Waals surface area (Å²) in [7, 11) is 0. The highest BCUT2D eigenvalue weighted by Gasteiger charge is 2.24. The number of hydrogen-bond acceptors (Lipinski definition) is 2. The van der Waals surface area contributed by atoms with E-state index in [4.69, 9.17) is 5.26 Å². The molecule has 0 aromatic rings. The first-order valence-electron chi connectivity index (χ1n) is 5.23. The molecule has 0 unspecified atom stereocenters. The van der Waals surface area contributed by atoms with Crippen molar-refractivity contribution < 1.29 is 0 Å². The van der Waals surface area contributed by atoms with Gasteiger partial charge in [0.05, 0.1) is 6.07 Å². The maximum atomic E-state index is 8.41. The van der Waals surface area contributed by atoms with Crippen LogP contribution in [0.5, 0.6) is 0 Å². The first-order valence-corrected chi connectivity index (χ1v) is 5.23. The van der Waals surface area contributed by atoms with Crippen molar-refractivity contribution in [3.63, 3.8) is 0 Å². The molecule has 2 heteroatoms. The fourth-order valence-electron chi connectivity index (χ4n) is 1.76. The van der Waals surface area contributed by atoms with Gasteiger partial charge in [-0.1, -0.05) is 13.8 Å². The van der Waals surface area contributed by atoms with E-state index in [0.29, 0.717) is 11.8 Å². The highest BCUT2D eigenvalue weighted by Crippen LogP contribution is 2.29. The monoisotopic (exact) mass is 180 g/mol. The Bertz CT molecular complexity index is 181. The van der Waals surface area contributed by atoms with E-state index in [-0.39, 0.29) is 0 Å². The average molecular weight is 180 g/mol. The summed E-state index contributed by atoms with van der Waals surface area (Å²) in [6.45, 7) is 8.25. The van der Waals surface area contributed by atoms with Gasteiger partial charge in [-0.3, -0.25) is 0 Å². The summed E-state index contributed by atoms with van der Waals surface area (Å²) < 4.78 is 0. The van der Waals surface area contributed by atoms with E-state index in [2.05, 4.69) is 24.8 Å². The predicted octanol–water partition coefficient (Wildman–Crippen LogP) is 2.41. The molecule has 0 bridgehead atoms. The van der Waals surface area contributed by atoms with Gasteiger partial charge in [0, 0.05) is 6.42 Å². The van der Waals surface area contributed by atoms with Crippen LogP contribution in [0, 0.1) is 16.7 Å². The highest BCUT2D eigenvalue weighted by molar-refractivity contribution is 4.79. The molecule has 1 heterocycles. The van der Waals surface area contributed by atoms with E-state index in [1.165, 1.54) is 25.9 Å². The Balaban J connectivity index is 2.15. The predicted molar refractivity (Wildman–Crippen MR) is 54.3 cm³/mol. The van der Waals surface area contributed by atoms with E-state index in [1.807, 2.05) is 0 Å². The van der Waals surface area contributed by atoms with Gasteiger partial charge in [0.25, 0.3) is 0 Å². The highest BCUT2D eigenvalue weighted by atomic mass is 15.1. The second-order valence-electron chi connectivity index (χ2n) is 4.77. The van der Waals surface area contributed by atoms with Gasteiger partial charge in [-0.25, -0.2) is 0 Å². The molecule has 0 aromatic heterocycles. The summed E-state index contributed by atoms with van der Waals surface area (Å²) in [6, 6.07) is 2.20. The molecule has 0 spiro atoms. The molecule has 0 N–H and O–H groups in total. The molecular formula is C11H20N2. The summed E-state index contributed by atoms with van der Waals surface area (Å²) in [5, 5.41) is 8.41. The number of unbranched alkanes of at least 4 members (excludes halogenated alkanes) is 1. The van der Waals surface area contributed by atoms with Gasteiger partial charge in [-0.2, -0.15) is 5.26 Å². The van der Waals surface area contributed by atoms with E-state index in [9.17, 15) is 0 Å². The van der Waals surface area contributed by atoms with Crippen molar-refractivity contribution in [1.82, 2.24) is 4.90 Å². The van der Waals surface area contributed by atoms with Crippen LogP contribution in [0.3, 0.4) is 0 Å². The number of hydrogen-bond donors (Lipinski definition) is 0. The lowest BCUT2D eigenvalue weighted by molar-refractivity contribution is 0.132. The van der Waals surface area contributed by atoms with Crippen LogP contribution in [0.1, 0.15) is 39.5 Å². The third-order valence-electron chi connectivity index (χ3n) is 2.97. The molecule has 0 radical (unpaired) electrons. The number of likely N-dealkylation sites (tertiary alicyclic amines) is 1. The zero-order chi connectivity index (χ0) is 9.73. The molecule has 13 heavy (non-hydrogen) atoms. The van der Waals surface area contributed by atoms with E-state index < -0.39 is 0 Å². The molecule has 1 rings (SSSR count). The standard InChI is InChI=1S/C11H20N2/c1-11(2)5-9-13(10-6-11)8-4-3-7-12/h3-6,8-10H2,1-2H3. The molecule has 74 valence electrons. The molecule has 0 atom stereocenters. The smallest absolute Gasteiger partial charge is 0.0622 e. The fraction of sp³-hybridized carbons (Fsp3) is 0.909. The number of piperidine rings is 1. The van der Waals surface area contributed by atoms with Crippen molar-refractivity contribution in [3.05, 3.63) is 0 Å². The maximum absolute atomic E-state index is 8.41. The summed E-state index contributed by atoms with van der Waals surface area (Å²) >= 11 is 0. The van der Waals surface area contributed by atoms with Crippen LogP contribution in [0.2, 0.25) is 0 Å². The van der Waals surface area contributed by atoms with Crippen LogP contribution in [-0.4, -0.2) is 24.5 Å². The molecule has 1 aliphatic heterocycles. The van der Waals surface area contributed by atoms with Gasteiger partial charge < -0.3 is 4.90 Å². The average Bonchev–Trinajstić information content (AvgIpc) is 2.08. The van der Waals surface area contributed by atoms with Gasteiger partial charge in [0.2, 0.25) is 0 Å². The molecule has 0 aliphatic carbocycles. The Morgan fingerprint density at radius 1 is 1.31 bits per heavy atom. The minimum absolute atomic E-state index is 0.547. The first-order chi connectivity index (χ1) is 6.14. The van der Waals surface area contributed by atoms with Crippen LogP contribution in [-0.2, 0) is 0 Å². The topological polar surface area (TPSA) is 27.0 Å². The van der Waals surface area contributed by atoms with Crippen LogP contribution < -0.4 is 0 Å². The Hall–Kier alpha value is -0.550. The second-order valence-corrected chi connectivity index (χ2v) is 4.77. The molecule has 0 amide bonds. The van der Waals surface area contributed by atoms with Crippen molar-refractivity contribution in [2.45, 2.75) is 39.5 Å². The lowest BCUT2D eigenvalue weighted by atomic mass is 9.83. The first kappa shape index (κ1) is 10.5. The number of rotatable bonds is 3. The van der Waals surface area contributed by atoms with Crippen molar-refractivity contribution in [2.24, 2.45) is 5.41 Å². The van der Waals surface area contributed by atoms with E-state index in [1.54, 1.807) is 0 Å². The normalized spacial score (nSPS) is 22.5. The number of nitriles is 1. The Morgan fingerprint density at radius 3 is 2.46 bits per heavy atom. The summed E-state index contributed by atoms with van der Waals surface area (Å²) in [4.78, 5) is 2.49. The third-order valence-corrected chi connectivity index (χ3v) is 2.97. The van der Waals surface area contributed by atoms with Gasteiger partial charge in [-0.15, -0.1) is 0 Å². The zero-order valence-electron chi connectivity index (χ0n) is 8.84. The zero-order valence-corrected chi connectivity index (χ0v) is 8.84. The van der Waals surface area contributed by atoms with Crippen molar-refractivity contribution in [1.29, 1.82) is 5.26 Å². The van der Waals surface area contributed by atoms with Crippen molar-refractivity contribution >= 4 is 0 Å². The molecule has 2 nitrogen and oxygen atoms in total. The van der Waals surface area contributed by atoms with Gasteiger partial charge >= 0.3 is 0 Å². The minimum atomic E-state index is 0.547. The van der Waals surface area contributed by atoms with Crippen molar-refractivity contribution in [3.8, 4) is 6.07 Å². The van der Waals surface area contributed by atoms with Crippen LogP contribution in [0.4, 0.5) is 0 Å². The Morgan fingerprint density at radius 2 is 1.92 bits per heavy atom. The van der Waals surface area contributed by atoms with Gasteiger partial charge in [0.1, 0.15) is 0 Å².